The van der Waals surface area contributed by atoms with Crippen LogP contribution in [0.1, 0.15) is 39.1 Å². The Morgan fingerprint density at radius 2 is 1.61 bits per heavy atom. The summed E-state index contributed by atoms with van der Waals surface area (Å²) in [5.41, 5.74) is 6.18. The molecule has 1 atom stereocenters. The van der Waals surface area contributed by atoms with E-state index in [-0.39, 0.29) is 11.3 Å². The number of nitrogens with one attached hydrogen (secondary N) is 1. The molecular weight excluding hydrogens is 356 g/mol. The number of aromatic nitrogens is 2. The third-order valence-electron chi connectivity index (χ3n) is 3.50. The lowest BCUT2D eigenvalue weighted by molar-refractivity contribution is -0.120. The van der Waals surface area contributed by atoms with Gasteiger partial charge in [0, 0.05) is 9.89 Å². The van der Waals surface area contributed by atoms with Gasteiger partial charge in [0.1, 0.15) is 11.4 Å². The fraction of sp³-hybridized carbons (Fsp3) is 0.353. The Labute approximate surface area is 144 Å². The Morgan fingerprint density at radius 3 is 2.09 bits per heavy atom. The predicted octanol–water partition coefficient (Wildman–Crippen LogP) is 3.35. The minimum absolute atomic E-state index is 0.137. The summed E-state index contributed by atoms with van der Waals surface area (Å²) in [6, 6.07) is 7.36. The number of nitrogens with two attached hydrogens (primary N) is 1. The smallest absolute Gasteiger partial charge is 0.248 e. The number of nitrogens with zero attached hydrogens (tertiary/aromatic N) is 2. The normalized spacial score (nSPS) is 14.2. The van der Waals surface area contributed by atoms with Gasteiger partial charge in [-0.3, -0.25) is 4.79 Å². The molecule has 0 saturated carbocycles. The maximum absolute atomic E-state index is 12.5. The topological polar surface area (TPSA) is 80.9 Å². The van der Waals surface area contributed by atoms with Gasteiger partial charge in [-0.15, -0.1) is 0 Å². The van der Waals surface area contributed by atoms with Crippen molar-refractivity contribution in [2.24, 2.45) is 5.73 Å². The second kappa shape index (κ2) is 6.37. The summed E-state index contributed by atoms with van der Waals surface area (Å²) in [4.78, 5) is 21.1. The average Bonchev–Trinajstić information content (AvgIpc) is 2.47. The highest BCUT2D eigenvalue weighted by Gasteiger charge is 2.30. The minimum atomic E-state index is -1.15. The molecule has 0 aliphatic carbocycles. The van der Waals surface area contributed by atoms with Crippen molar-refractivity contribution in [3.05, 3.63) is 52.5 Å². The molecular formula is C17H21BrN4O. The van der Waals surface area contributed by atoms with Crippen LogP contribution in [0.4, 0.5) is 5.69 Å². The van der Waals surface area contributed by atoms with Crippen molar-refractivity contribution in [3.8, 4) is 0 Å². The molecule has 0 fully saturated rings. The number of benzene rings is 1. The lowest BCUT2D eigenvalue weighted by Crippen LogP contribution is -2.45. The van der Waals surface area contributed by atoms with Crippen molar-refractivity contribution in [2.45, 2.75) is 38.6 Å². The monoisotopic (exact) mass is 376 g/mol. The first kappa shape index (κ1) is 17.6. The molecule has 1 aromatic heterocycles. The van der Waals surface area contributed by atoms with Gasteiger partial charge in [-0.25, -0.2) is 9.97 Å². The summed E-state index contributed by atoms with van der Waals surface area (Å²) in [7, 11) is 0. The van der Waals surface area contributed by atoms with E-state index in [0.717, 1.165) is 15.9 Å². The molecule has 23 heavy (non-hydrogen) atoms. The van der Waals surface area contributed by atoms with Gasteiger partial charge in [0.05, 0.1) is 18.1 Å². The zero-order valence-corrected chi connectivity index (χ0v) is 15.3. The molecule has 0 radical (unpaired) electrons. The molecule has 0 aliphatic rings. The largest absolute Gasteiger partial charge is 0.322 e. The quantitative estimate of drug-likeness (QED) is 0.860. The Morgan fingerprint density at radius 1 is 1.09 bits per heavy atom. The van der Waals surface area contributed by atoms with Gasteiger partial charge in [0.15, 0.2) is 0 Å². The number of hydrogen-bond acceptors (Lipinski definition) is 4. The van der Waals surface area contributed by atoms with Gasteiger partial charge < -0.3 is 11.1 Å². The molecule has 1 aromatic carbocycles. The third kappa shape index (κ3) is 4.14. The van der Waals surface area contributed by atoms with Crippen molar-refractivity contribution in [1.82, 2.24) is 9.97 Å². The van der Waals surface area contributed by atoms with Crippen LogP contribution in [-0.4, -0.2) is 15.9 Å². The van der Waals surface area contributed by atoms with E-state index in [2.05, 4.69) is 31.2 Å². The van der Waals surface area contributed by atoms with Crippen molar-refractivity contribution < 1.29 is 4.79 Å². The van der Waals surface area contributed by atoms with E-state index in [0.29, 0.717) is 5.69 Å². The van der Waals surface area contributed by atoms with E-state index in [4.69, 9.17) is 5.73 Å². The standard InChI is InChI=1S/C17H21BrN4O/c1-16(2,3)14-20-9-13(10-21-14)22-15(23)17(4,19)11-5-7-12(18)8-6-11/h5-10H,19H2,1-4H3,(H,22,23). The van der Waals surface area contributed by atoms with Crippen molar-refractivity contribution in [1.29, 1.82) is 0 Å². The maximum Gasteiger partial charge on any atom is 0.248 e. The predicted molar refractivity (Wildman–Crippen MR) is 95.0 cm³/mol. The van der Waals surface area contributed by atoms with Gasteiger partial charge in [-0.05, 0) is 24.6 Å². The number of amides is 1. The highest BCUT2D eigenvalue weighted by atomic mass is 79.9. The summed E-state index contributed by atoms with van der Waals surface area (Å²) in [6.45, 7) is 7.77. The Balaban J connectivity index is 2.16. The first-order chi connectivity index (χ1) is 10.6. The molecule has 2 aromatic rings. The van der Waals surface area contributed by atoms with Crippen molar-refractivity contribution in [2.75, 3.05) is 5.32 Å². The van der Waals surface area contributed by atoms with E-state index in [1.54, 1.807) is 19.3 Å². The Bertz CT molecular complexity index is 688. The highest BCUT2D eigenvalue weighted by Crippen LogP contribution is 2.23. The first-order valence-electron chi connectivity index (χ1n) is 7.29. The average molecular weight is 377 g/mol. The fourth-order valence-electron chi connectivity index (χ4n) is 1.97. The van der Waals surface area contributed by atoms with Crippen LogP contribution in [0.3, 0.4) is 0 Å². The number of carbonyl (C=O) groups excluding carboxylic acids is 1. The number of anilines is 1. The van der Waals surface area contributed by atoms with E-state index in [1.165, 1.54) is 0 Å². The lowest BCUT2D eigenvalue weighted by atomic mass is 9.92. The van der Waals surface area contributed by atoms with Gasteiger partial charge in [0.25, 0.3) is 0 Å². The van der Waals surface area contributed by atoms with Crippen molar-refractivity contribution >= 4 is 27.5 Å². The molecule has 0 bridgehead atoms. The summed E-state index contributed by atoms with van der Waals surface area (Å²) < 4.78 is 0.934. The fourth-order valence-corrected chi connectivity index (χ4v) is 2.23. The van der Waals surface area contributed by atoms with E-state index in [1.807, 2.05) is 45.0 Å². The molecule has 1 heterocycles. The van der Waals surface area contributed by atoms with Crippen LogP contribution in [0.5, 0.6) is 0 Å². The van der Waals surface area contributed by atoms with Crippen molar-refractivity contribution in [3.63, 3.8) is 0 Å². The molecule has 1 amide bonds. The number of carbonyl (C=O) groups is 1. The summed E-state index contributed by atoms with van der Waals surface area (Å²) in [5, 5.41) is 2.77. The van der Waals surface area contributed by atoms with Crippen LogP contribution < -0.4 is 11.1 Å². The summed E-state index contributed by atoms with van der Waals surface area (Å²) >= 11 is 3.37. The molecule has 6 heteroatoms. The lowest BCUT2D eigenvalue weighted by Gasteiger charge is -2.24. The van der Waals surface area contributed by atoms with Crippen LogP contribution in [0.15, 0.2) is 41.1 Å². The number of halogens is 1. The molecule has 0 saturated heterocycles. The molecule has 0 aliphatic heterocycles. The maximum atomic E-state index is 12.5. The first-order valence-corrected chi connectivity index (χ1v) is 8.09. The van der Waals surface area contributed by atoms with E-state index in [9.17, 15) is 4.79 Å². The SMILES string of the molecule is CC(C)(C)c1ncc(NC(=O)C(C)(N)c2ccc(Br)cc2)cn1. The highest BCUT2D eigenvalue weighted by molar-refractivity contribution is 9.10. The van der Waals surface area contributed by atoms with E-state index >= 15 is 0 Å². The van der Waals surface area contributed by atoms with E-state index < -0.39 is 5.54 Å². The summed E-state index contributed by atoms with van der Waals surface area (Å²) in [6.07, 6.45) is 3.20. The molecule has 0 spiro atoms. The summed E-state index contributed by atoms with van der Waals surface area (Å²) in [5.74, 6) is 0.408. The van der Waals surface area contributed by atoms with Gasteiger partial charge in [-0.2, -0.15) is 0 Å². The number of rotatable bonds is 3. The second-order valence-corrected chi connectivity index (χ2v) is 7.62. The van der Waals surface area contributed by atoms with Gasteiger partial charge >= 0.3 is 0 Å². The van der Waals surface area contributed by atoms with Crippen LogP contribution in [-0.2, 0) is 15.7 Å². The third-order valence-corrected chi connectivity index (χ3v) is 4.02. The van der Waals surface area contributed by atoms with Crippen LogP contribution in [0, 0.1) is 0 Å². The zero-order valence-electron chi connectivity index (χ0n) is 13.7. The number of hydrogen-bond donors (Lipinski definition) is 2. The van der Waals surface area contributed by atoms with Crippen LogP contribution >= 0.6 is 15.9 Å². The molecule has 2 rings (SSSR count). The molecule has 1 unspecified atom stereocenters. The Kier molecular flexibility index (Phi) is 4.87. The van der Waals surface area contributed by atoms with Crippen LogP contribution in [0.2, 0.25) is 0 Å². The second-order valence-electron chi connectivity index (χ2n) is 6.71. The molecule has 3 N–H and O–H groups in total. The van der Waals surface area contributed by atoms with Crippen LogP contribution in [0.25, 0.3) is 0 Å². The minimum Gasteiger partial charge on any atom is -0.322 e. The van der Waals surface area contributed by atoms with Gasteiger partial charge in [0.2, 0.25) is 5.91 Å². The molecule has 5 nitrogen and oxygen atoms in total. The zero-order chi connectivity index (χ0) is 17.3. The Hall–Kier alpha value is -1.79. The molecule has 122 valence electrons. The van der Waals surface area contributed by atoms with Gasteiger partial charge in [-0.1, -0.05) is 48.8 Å².